The van der Waals surface area contributed by atoms with Crippen molar-refractivity contribution in [2.24, 2.45) is 0 Å². The molecule has 0 unspecified atom stereocenters. The molecule has 12 heteroatoms. The number of aromatic nitrogens is 4. The third kappa shape index (κ3) is 4.37. The van der Waals surface area contributed by atoms with Crippen LogP contribution in [-0.4, -0.2) is 67.3 Å². The number of aryl methyl sites for hydroxylation is 1. The van der Waals surface area contributed by atoms with E-state index in [1.54, 1.807) is 51.9 Å². The summed E-state index contributed by atoms with van der Waals surface area (Å²) < 4.78 is 47.9. The predicted octanol–water partition coefficient (Wildman–Crippen LogP) is 3.58. The summed E-state index contributed by atoms with van der Waals surface area (Å²) >= 11 is 0. The SMILES string of the molecule is Cc1cc(C(=O)N2CCN(C(=O)c3cnn(-c4cccc(C(F)(F)F)c4)c3-n3cccc3)CC2)on1. The maximum Gasteiger partial charge on any atom is 0.416 e. The van der Waals surface area contributed by atoms with E-state index in [0.29, 0.717) is 24.6 Å². The average molecular weight is 498 g/mol. The molecule has 186 valence electrons. The lowest BCUT2D eigenvalue weighted by Crippen LogP contribution is -2.50. The highest BCUT2D eigenvalue weighted by atomic mass is 19.4. The van der Waals surface area contributed by atoms with Crippen LogP contribution in [0.15, 0.2) is 65.6 Å². The summed E-state index contributed by atoms with van der Waals surface area (Å²) in [4.78, 5) is 29.3. The van der Waals surface area contributed by atoms with Gasteiger partial charge in [0.1, 0.15) is 5.56 Å². The van der Waals surface area contributed by atoms with E-state index < -0.39 is 11.7 Å². The molecule has 0 bridgehead atoms. The van der Waals surface area contributed by atoms with Crippen molar-refractivity contribution in [2.45, 2.75) is 13.1 Å². The van der Waals surface area contributed by atoms with Crippen LogP contribution in [0.1, 0.15) is 32.2 Å². The maximum atomic E-state index is 13.5. The number of hydrogen-bond acceptors (Lipinski definition) is 5. The fraction of sp³-hybridized carbons (Fsp3) is 0.250. The minimum Gasteiger partial charge on any atom is -0.351 e. The van der Waals surface area contributed by atoms with Crippen molar-refractivity contribution in [3.8, 4) is 11.5 Å². The second kappa shape index (κ2) is 9.02. The Bertz CT molecular complexity index is 1400. The number of carbonyl (C=O) groups excluding carboxylic acids is 2. The molecule has 0 N–H and O–H groups in total. The molecule has 1 fully saturated rings. The van der Waals surface area contributed by atoms with Crippen molar-refractivity contribution in [2.75, 3.05) is 26.2 Å². The Morgan fingerprint density at radius 2 is 1.61 bits per heavy atom. The maximum absolute atomic E-state index is 13.5. The summed E-state index contributed by atoms with van der Waals surface area (Å²) in [6.07, 6.45) is 0.214. The highest BCUT2D eigenvalue weighted by molar-refractivity contribution is 5.97. The van der Waals surface area contributed by atoms with Crippen LogP contribution in [-0.2, 0) is 6.18 Å². The van der Waals surface area contributed by atoms with E-state index in [2.05, 4.69) is 10.3 Å². The van der Waals surface area contributed by atoms with E-state index in [1.165, 1.54) is 23.0 Å². The summed E-state index contributed by atoms with van der Waals surface area (Å²) in [6.45, 7) is 2.86. The molecule has 9 nitrogen and oxygen atoms in total. The number of nitrogens with zero attached hydrogens (tertiary/aromatic N) is 6. The predicted molar refractivity (Wildman–Crippen MR) is 121 cm³/mol. The smallest absolute Gasteiger partial charge is 0.351 e. The molecular weight excluding hydrogens is 477 g/mol. The fourth-order valence-corrected chi connectivity index (χ4v) is 4.12. The van der Waals surface area contributed by atoms with Crippen LogP contribution in [0.5, 0.6) is 0 Å². The van der Waals surface area contributed by atoms with E-state index in [9.17, 15) is 22.8 Å². The Balaban J connectivity index is 1.41. The molecule has 0 aliphatic carbocycles. The fourth-order valence-electron chi connectivity index (χ4n) is 4.12. The normalized spacial score (nSPS) is 14.3. The van der Waals surface area contributed by atoms with Crippen LogP contribution in [0.25, 0.3) is 11.5 Å². The molecular formula is C24H21F3N6O3. The first-order valence-corrected chi connectivity index (χ1v) is 11.1. The Morgan fingerprint density at radius 1 is 0.944 bits per heavy atom. The molecule has 1 aliphatic rings. The molecule has 4 heterocycles. The lowest BCUT2D eigenvalue weighted by Gasteiger charge is -2.34. The van der Waals surface area contributed by atoms with Gasteiger partial charge < -0.3 is 18.9 Å². The summed E-state index contributed by atoms with van der Waals surface area (Å²) in [5.74, 6) is -0.169. The number of rotatable bonds is 4. The van der Waals surface area contributed by atoms with E-state index >= 15 is 0 Å². The van der Waals surface area contributed by atoms with Gasteiger partial charge in [0.05, 0.1) is 23.1 Å². The van der Waals surface area contributed by atoms with Crippen molar-refractivity contribution >= 4 is 11.8 Å². The number of benzene rings is 1. The monoisotopic (exact) mass is 498 g/mol. The topological polar surface area (TPSA) is 89.4 Å². The molecule has 0 spiro atoms. The lowest BCUT2D eigenvalue weighted by molar-refractivity contribution is -0.137. The molecule has 1 saturated heterocycles. The number of amides is 2. The van der Waals surface area contributed by atoms with Gasteiger partial charge in [-0.15, -0.1) is 0 Å². The molecule has 5 rings (SSSR count). The molecule has 36 heavy (non-hydrogen) atoms. The number of alkyl halides is 3. The number of hydrogen-bond donors (Lipinski definition) is 0. The standard InChI is InChI=1S/C24H21F3N6O3/c1-16-13-20(36-29-16)23(35)32-11-9-31(10-12-32)22(34)19-15-28-33(21(19)30-7-2-3-8-30)18-6-4-5-17(14-18)24(25,26)27/h2-8,13-15H,9-12H2,1H3. The summed E-state index contributed by atoms with van der Waals surface area (Å²) in [5, 5.41) is 8.00. The Morgan fingerprint density at radius 3 is 2.22 bits per heavy atom. The molecule has 4 aromatic rings. The number of halogens is 3. The van der Waals surface area contributed by atoms with Crippen molar-refractivity contribution in [3.63, 3.8) is 0 Å². The molecule has 3 aromatic heterocycles. The van der Waals surface area contributed by atoms with Gasteiger partial charge in [-0.25, -0.2) is 4.68 Å². The number of piperazine rings is 1. The molecule has 0 saturated carbocycles. The summed E-state index contributed by atoms with van der Waals surface area (Å²) in [7, 11) is 0. The van der Waals surface area contributed by atoms with Crippen molar-refractivity contribution < 1.29 is 27.3 Å². The van der Waals surface area contributed by atoms with Gasteiger partial charge in [-0.1, -0.05) is 11.2 Å². The minimum absolute atomic E-state index is 0.143. The van der Waals surface area contributed by atoms with Gasteiger partial charge in [0.15, 0.2) is 5.82 Å². The van der Waals surface area contributed by atoms with Crippen molar-refractivity contribution in [1.29, 1.82) is 0 Å². The van der Waals surface area contributed by atoms with Crippen LogP contribution in [0.4, 0.5) is 13.2 Å². The summed E-state index contributed by atoms with van der Waals surface area (Å²) in [5.41, 5.74) is 0.187. The number of carbonyl (C=O) groups is 2. The van der Waals surface area contributed by atoms with E-state index in [-0.39, 0.29) is 41.9 Å². The van der Waals surface area contributed by atoms with E-state index in [4.69, 9.17) is 4.52 Å². The zero-order chi connectivity index (χ0) is 25.4. The minimum atomic E-state index is -4.52. The Hall–Kier alpha value is -4.35. The van der Waals surface area contributed by atoms with Gasteiger partial charge in [0.25, 0.3) is 11.8 Å². The van der Waals surface area contributed by atoms with Gasteiger partial charge >= 0.3 is 6.18 Å². The van der Waals surface area contributed by atoms with Crippen LogP contribution < -0.4 is 0 Å². The average Bonchev–Trinajstić information content (AvgIpc) is 3.63. The molecule has 2 amide bonds. The van der Waals surface area contributed by atoms with Gasteiger partial charge in [-0.2, -0.15) is 18.3 Å². The Kier molecular flexibility index (Phi) is 5.86. The highest BCUT2D eigenvalue weighted by Crippen LogP contribution is 2.31. The molecule has 1 aliphatic heterocycles. The third-order valence-electron chi connectivity index (χ3n) is 5.93. The van der Waals surface area contributed by atoms with Crippen LogP contribution >= 0.6 is 0 Å². The van der Waals surface area contributed by atoms with Gasteiger partial charge in [-0.3, -0.25) is 9.59 Å². The largest absolute Gasteiger partial charge is 0.416 e. The van der Waals surface area contributed by atoms with Crippen molar-refractivity contribution in [1.82, 2.24) is 29.3 Å². The Labute approximate surface area is 203 Å². The van der Waals surface area contributed by atoms with Gasteiger partial charge in [0, 0.05) is 44.6 Å². The van der Waals surface area contributed by atoms with Crippen LogP contribution in [0, 0.1) is 6.92 Å². The van der Waals surface area contributed by atoms with Crippen LogP contribution in [0.2, 0.25) is 0 Å². The molecule has 0 atom stereocenters. The first kappa shape index (κ1) is 23.4. The lowest BCUT2D eigenvalue weighted by atomic mass is 10.2. The summed E-state index contributed by atoms with van der Waals surface area (Å²) in [6, 6.07) is 9.82. The highest BCUT2D eigenvalue weighted by Gasteiger charge is 2.32. The quantitative estimate of drug-likeness (QED) is 0.429. The zero-order valence-corrected chi connectivity index (χ0v) is 19.1. The van der Waals surface area contributed by atoms with Gasteiger partial charge in [0.2, 0.25) is 5.76 Å². The third-order valence-corrected chi connectivity index (χ3v) is 5.93. The first-order chi connectivity index (χ1) is 17.2. The van der Waals surface area contributed by atoms with Crippen LogP contribution in [0.3, 0.4) is 0 Å². The second-order valence-corrected chi connectivity index (χ2v) is 8.35. The first-order valence-electron chi connectivity index (χ1n) is 11.1. The molecule has 1 aromatic carbocycles. The molecule has 0 radical (unpaired) electrons. The zero-order valence-electron chi connectivity index (χ0n) is 19.1. The van der Waals surface area contributed by atoms with E-state index in [0.717, 1.165) is 12.1 Å². The van der Waals surface area contributed by atoms with Gasteiger partial charge in [-0.05, 0) is 37.3 Å². The second-order valence-electron chi connectivity index (χ2n) is 8.35. The van der Waals surface area contributed by atoms with Crippen molar-refractivity contribution in [3.05, 3.63) is 83.6 Å². The van der Waals surface area contributed by atoms with E-state index in [1.807, 2.05) is 0 Å².